The minimum Gasteiger partial charge on any atom is -0.480 e. The zero-order chi connectivity index (χ0) is 10.4. The Hall–Kier alpha value is -1.63. The number of nitrogens with two attached hydrogens (primary N) is 2. The van der Waals surface area contributed by atoms with Gasteiger partial charge in [0.25, 0.3) is 0 Å². The topological polar surface area (TPSA) is 136 Å². The predicted molar refractivity (Wildman–Crippen MR) is 42.4 cm³/mol. The molecule has 0 rings (SSSR count). The first-order valence-electron chi connectivity index (χ1n) is 3.47. The molecule has 1 unspecified atom stereocenters. The van der Waals surface area contributed by atoms with Gasteiger partial charge in [0.1, 0.15) is 6.54 Å². The van der Waals surface area contributed by atoms with E-state index < -0.39 is 30.4 Å². The van der Waals surface area contributed by atoms with Crippen LogP contribution in [0.2, 0.25) is 0 Å². The summed E-state index contributed by atoms with van der Waals surface area (Å²) in [5, 5.41) is 10.2. The highest BCUT2D eigenvalue weighted by Crippen LogP contribution is 1.85. The lowest BCUT2D eigenvalue weighted by molar-refractivity contribution is -0.138. The molecule has 0 saturated heterocycles. The fraction of sp³-hybridized carbons (Fsp3) is 0.500. The van der Waals surface area contributed by atoms with E-state index in [4.69, 9.17) is 16.6 Å². The second-order valence-corrected chi connectivity index (χ2v) is 2.39. The zero-order valence-corrected chi connectivity index (χ0v) is 6.82. The lowest BCUT2D eigenvalue weighted by Crippen LogP contribution is -2.44. The Balaban J connectivity index is 3.82. The van der Waals surface area contributed by atoms with Crippen molar-refractivity contribution in [2.24, 2.45) is 11.5 Å². The number of carboxylic acid groups (broad SMARTS) is 1. The molecule has 0 aliphatic heterocycles. The van der Waals surface area contributed by atoms with E-state index in [1.165, 1.54) is 0 Å². The highest BCUT2D eigenvalue weighted by Gasteiger charge is 2.15. The Morgan fingerprint density at radius 3 is 2.31 bits per heavy atom. The Labute approximate surface area is 74.1 Å². The van der Waals surface area contributed by atoms with Gasteiger partial charge in [0, 0.05) is 0 Å². The molecule has 0 heterocycles. The van der Waals surface area contributed by atoms with Crippen LogP contribution in [-0.2, 0) is 14.4 Å². The van der Waals surface area contributed by atoms with E-state index in [-0.39, 0.29) is 6.42 Å². The smallest absolute Gasteiger partial charge is 0.322 e. The molecule has 0 spiro atoms. The summed E-state index contributed by atoms with van der Waals surface area (Å²) in [5.74, 6) is -2.60. The summed E-state index contributed by atoms with van der Waals surface area (Å²) in [6.07, 6.45) is -0.300. The predicted octanol–water partition coefficient (Wildman–Crippen LogP) is -2.61. The summed E-state index contributed by atoms with van der Waals surface area (Å²) >= 11 is 0. The third kappa shape index (κ3) is 5.62. The van der Waals surface area contributed by atoms with Crippen molar-refractivity contribution in [3.8, 4) is 0 Å². The average molecular weight is 189 g/mol. The van der Waals surface area contributed by atoms with Crippen LogP contribution >= 0.6 is 0 Å². The lowest BCUT2D eigenvalue weighted by Gasteiger charge is -2.08. The van der Waals surface area contributed by atoms with E-state index in [0.717, 1.165) is 0 Å². The molecule has 1 atom stereocenters. The number of carbonyl (C=O) groups is 3. The van der Waals surface area contributed by atoms with Crippen LogP contribution in [0.25, 0.3) is 0 Å². The van der Waals surface area contributed by atoms with Crippen molar-refractivity contribution in [2.75, 3.05) is 6.54 Å². The highest BCUT2D eigenvalue weighted by atomic mass is 16.4. The molecule has 7 heteroatoms. The van der Waals surface area contributed by atoms with Crippen LogP contribution in [0.3, 0.4) is 0 Å². The molecule has 0 saturated carbocycles. The fourth-order valence-electron chi connectivity index (χ4n) is 0.603. The second-order valence-electron chi connectivity index (χ2n) is 2.39. The molecule has 7 nitrogen and oxygen atoms in total. The molecule has 6 N–H and O–H groups in total. The highest BCUT2D eigenvalue weighted by molar-refractivity contribution is 5.89. The van der Waals surface area contributed by atoms with Crippen LogP contribution < -0.4 is 16.8 Å². The summed E-state index contributed by atoms with van der Waals surface area (Å²) in [7, 11) is 0. The van der Waals surface area contributed by atoms with Crippen molar-refractivity contribution in [3.05, 3.63) is 0 Å². The number of hydrogen-bond donors (Lipinski definition) is 4. The van der Waals surface area contributed by atoms with Crippen LogP contribution in [0, 0.1) is 0 Å². The number of carboxylic acids is 1. The normalized spacial score (nSPS) is 11.8. The Bertz CT molecular complexity index is 228. The first-order chi connectivity index (χ1) is 5.93. The fourth-order valence-corrected chi connectivity index (χ4v) is 0.603. The molecule has 0 aliphatic carbocycles. The molecule has 0 fully saturated rings. The summed E-state index contributed by atoms with van der Waals surface area (Å²) < 4.78 is 0. The Morgan fingerprint density at radius 2 is 1.92 bits per heavy atom. The van der Waals surface area contributed by atoms with E-state index >= 15 is 0 Å². The molecule has 2 amide bonds. The summed E-state index contributed by atoms with van der Waals surface area (Å²) in [5.41, 5.74) is 9.97. The van der Waals surface area contributed by atoms with Gasteiger partial charge in [-0.15, -0.1) is 0 Å². The molecule has 74 valence electrons. The van der Waals surface area contributed by atoms with E-state index in [2.05, 4.69) is 0 Å². The maximum atomic E-state index is 10.9. The van der Waals surface area contributed by atoms with Crippen LogP contribution in [0.1, 0.15) is 6.42 Å². The second kappa shape index (κ2) is 5.09. The van der Waals surface area contributed by atoms with Crippen molar-refractivity contribution in [1.82, 2.24) is 5.32 Å². The standard InChI is InChI=1S/C6H11N3O4/c7-3(1-4(8)10)6(13)9-2-5(11)12/h3H,1-2,7H2,(H2,8,10)(H,9,13)(H,11,12). The van der Waals surface area contributed by atoms with E-state index in [9.17, 15) is 14.4 Å². The number of carbonyl (C=O) groups excluding carboxylic acids is 2. The number of primary amides is 1. The van der Waals surface area contributed by atoms with Crippen LogP contribution in [-0.4, -0.2) is 35.5 Å². The van der Waals surface area contributed by atoms with Crippen LogP contribution in [0.15, 0.2) is 0 Å². The van der Waals surface area contributed by atoms with Gasteiger partial charge in [0.05, 0.1) is 12.5 Å². The molecule has 0 aromatic heterocycles. The van der Waals surface area contributed by atoms with Gasteiger partial charge in [-0.05, 0) is 0 Å². The van der Waals surface area contributed by atoms with Crippen molar-refractivity contribution in [1.29, 1.82) is 0 Å². The minimum absolute atomic E-state index is 0.300. The third-order valence-corrected chi connectivity index (χ3v) is 1.17. The maximum Gasteiger partial charge on any atom is 0.322 e. The van der Waals surface area contributed by atoms with E-state index in [1.54, 1.807) is 0 Å². The molecule has 0 radical (unpaired) electrons. The minimum atomic E-state index is -1.18. The Kier molecular flexibility index (Phi) is 4.45. The number of amides is 2. The van der Waals surface area contributed by atoms with Crippen LogP contribution in [0.5, 0.6) is 0 Å². The molecule has 0 aromatic rings. The van der Waals surface area contributed by atoms with E-state index in [0.29, 0.717) is 0 Å². The van der Waals surface area contributed by atoms with Crippen molar-refractivity contribution in [3.63, 3.8) is 0 Å². The lowest BCUT2D eigenvalue weighted by atomic mass is 10.2. The van der Waals surface area contributed by atoms with E-state index in [1.807, 2.05) is 5.32 Å². The maximum absolute atomic E-state index is 10.9. The van der Waals surface area contributed by atoms with Gasteiger partial charge in [0.2, 0.25) is 11.8 Å². The number of nitrogens with one attached hydrogen (secondary N) is 1. The molecular weight excluding hydrogens is 178 g/mol. The van der Waals surface area contributed by atoms with Gasteiger partial charge in [-0.2, -0.15) is 0 Å². The van der Waals surface area contributed by atoms with Gasteiger partial charge >= 0.3 is 5.97 Å². The van der Waals surface area contributed by atoms with Gasteiger partial charge in [-0.25, -0.2) is 0 Å². The number of hydrogen-bond acceptors (Lipinski definition) is 4. The molecular formula is C6H11N3O4. The monoisotopic (exact) mass is 189 g/mol. The Morgan fingerprint density at radius 1 is 1.38 bits per heavy atom. The van der Waals surface area contributed by atoms with Gasteiger partial charge in [0.15, 0.2) is 0 Å². The average Bonchev–Trinajstić information content (AvgIpc) is 1.98. The number of aliphatic carboxylic acids is 1. The van der Waals surface area contributed by atoms with Crippen molar-refractivity contribution >= 4 is 17.8 Å². The number of rotatable bonds is 5. The molecule has 0 bridgehead atoms. The van der Waals surface area contributed by atoms with Gasteiger partial charge in [-0.3, -0.25) is 14.4 Å². The molecule has 13 heavy (non-hydrogen) atoms. The van der Waals surface area contributed by atoms with Gasteiger partial charge in [-0.1, -0.05) is 0 Å². The summed E-state index contributed by atoms with van der Waals surface area (Å²) in [6, 6.07) is -1.09. The molecule has 0 aliphatic rings. The summed E-state index contributed by atoms with van der Waals surface area (Å²) in [4.78, 5) is 31.2. The molecule has 0 aromatic carbocycles. The quantitative estimate of drug-likeness (QED) is 0.375. The van der Waals surface area contributed by atoms with Gasteiger partial charge < -0.3 is 21.9 Å². The first-order valence-corrected chi connectivity index (χ1v) is 3.47. The largest absolute Gasteiger partial charge is 0.480 e. The summed E-state index contributed by atoms with van der Waals surface area (Å²) in [6.45, 7) is -0.523. The first kappa shape index (κ1) is 11.4. The third-order valence-electron chi connectivity index (χ3n) is 1.17. The SMILES string of the molecule is NC(=O)CC(N)C(=O)NCC(=O)O. The van der Waals surface area contributed by atoms with Crippen LogP contribution in [0.4, 0.5) is 0 Å². The van der Waals surface area contributed by atoms with Crippen molar-refractivity contribution in [2.45, 2.75) is 12.5 Å². The van der Waals surface area contributed by atoms with Crippen molar-refractivity contribution < 1.29 is 19.5 Å². The zero-order valence-electron chi connectivity index (χ0n) is 6.82.